The third-order valence-electron chi connectivity index (χ3n) is 5.19. The second kappa shape index (κ2) is 7.77. The summed E-state index contributed by atoms with van der Waals surface area (Å²) in [6.45, 7) is 1.90. The molecule has 0 radical (unpaired) electrons. The van der Waals surface area contributed by atoms with Crippen LogP contribution in [0.1, 0.15) is 28.3 Å². The summed E-state index contributed by atoms with van der Waals surface area (Å²) in [4.78, 5) is 13.6. The molecule has 3 aromatic rings. The Morgan fingerprint density at radius 1 is 1.07 bits per heavy atom. The normalized spacial score (nSPS) is 16.0. The number of nitrogens with one attached hydrogen (secondary N) is 1. The van der Waals surface area contributed by atoms with Crippen LogP contribution in [0.3, 0.4) is 0 Å². The zero-order valence-corrected chi connectivity index (χ0v) is 18.4. The standard InChI is InChI=1S/C22H21NO5S2/c1-13-7-9-14(10-8-13)30(25,26)18-12-29-22-16(11-19(24)23-20(18)22)15-5-4-6-17(27-2)21(15)28-3/h4-10,12,16H,11H2,1-3H3,(H,23,24). The lowest BCUT2D eigenvalue weighted by atomic mass is 9.89. The summed E-state index contributed by atoms with van der Waals surface area (Å²) < 4.78 is 37.5. The maximum absolute atomic E-state index is 13.3. The molecule has 156 valence electrons. The highest BCUT2D eigenvalue weighted by Gasteiger charge is 2.36. The van der Waals surface area contributed by atoms with E-state index in [1.165, 1.54) is 11.3 Å². The molecular formula is C22H21NO5S2. The Hall–Kier alpha value is -2.84. The number of hydrogen-bond donors (Lipinski definition) is 1. The van der Waals surface area contributed by atoms with Gasteiger partial charge in [0.25, 0.3) is 0 Å². The van der Waals surface area contributed by atoms with Crippen molar-refractivity contribution in [2.24, 2.45) is 0 Å². The maximum atomic E-state index is 13.3. The molecule has 1 unspecified atom stereocenters. The summed E-state index contributed by atoms with van der Waals surface area (Å²) in [5, 5.41) is 4.38. The van der Waals surface area contributed by atoms with Crippen molar-refractivity contribution < 1.29 is 22.7 Å². The number of amides is 1. The topological polar surface area (TPSA) is 81.7 Å². The van der Waals surface area contributed by atoms with Crippen LogP contribution in [0.5, 0.6) is 11.5 Å². The Morgan fingerprint density at radius 2 is 1.80 bits per heavy atom. The van der Waals surface area contributed by atoms with Crippen molar-refractivity contribution in [1.29, 1.82) is 0 Å². The molecule has 2 heterocycles. The number of rotatable bonds is 5. The predicted octanol–water partition coefficient (Wildman–Crippen LogP) is 4.38. The Labute approximate surface area is 179 Å². The molecule has 1 aromatic heterocycles. The van der Waals surface area contributed by atoms with Crippen LogP contribution < -0.4 is 14.8 Å². The molecule has 0 bridgehead atoms. The van der Waals surface area contributed by atoms with Crippen LogP contribution in [0.4, 0.5) is 5.69 Å². The number of anilines is 1. The summed E-state index contributed by atoms with van der Waals surface area (Å²) in [5.74, 6) is 0.537. The number of thiophene rings is 1. The van der Waals surface area contributed by atoms with Gasteiger partial charge in [0.2, 0.25) is 15.7 Å². The summed E-state index contributed by atoms with van der Waals surface area (Å²) in [6, 6.07) is 12.2. The number of carbonyl (C=O) groups excluding carboxylic acids is 1. The van der Waals surface area contributed by atoms with Gasteiger partial charge in [-0.3, -0.25) is 4.79 Å². The second-order valence-electron chi connectivity index (χ2n) is 7.04. The third-order valence-corrected chi connectivity index (χ3v) is 8.22. The molecule has 0 fully saturated rings. The lowest BCUT2D eigenvalue weighted by Crippen LogP contribution is -2.23. The minimum Gasteiger partial charge on any atom is -0.493 e. The smallest absolute Gasteiger partial charge is 0.225 e. The lowest BCUT2D eigenvalue weighted by molar-refractivity contribution is -0.116. The number of methoxy groups -OCH3 is 2. The van der Waals surface area contributed by atoms with Crippen molar-refractivity contribution in [3.05, 3.63) is 63.8 Å². The van der Waals surface area contributed by atoms with Crippen LogP contribution in [-0.2, 0) is 14.6 Å². The van der Waals surface area contributed by atoms with Gasteiger partial charge in [-0.2, -0.15) is 0 Å². The van der Waals surface area contributed by atoms with Gasteiger partial charge in [-0.1, -0.05) is 29.8 Å². The molecule has 8 heteroatoms. The number of fused-ring (bicyclic) bond motifs is 1. The number of aryl methyl sites for hydroxylation is 1. The molecule has 0 aliphatic carbocycles. The number of para-hydroxylation sites is 1. The van der Waals surface area contributed by atoms with E-state index in [9.17, 15) is 13.2 Å². The van der Waals surface area contributed by atoms with Gasteiger partial charge in [0, 0.05) is 28.2 Å². The lowest BCUT2D eigenvalue weighted by Gasteiger charge is -2.25. The zero-order valence-electron chi connectivity index (χ0n) is 16.8. The monoisotopic (exact) mass is 443 g/mol. The van der Waals surface area contributed by atoms with Crippen molar-refractivity contribution in [3.8, 4) is 11.5 Å². The quantitative estimate of drug-likeness (QED) is 0.633. The first kappa shape index (κ1) is 20.4. The van der Waals surface area contributed by atoms with Crippen LogP contribution in [0.25, 0.3) is 0 Å². The summed E-state index contributed by atoms with van der Waals surface area (Å²) >= 11 is 1.32. The maximum Gasteiger partial charge on any atom is 0.225 e. The average Bonchev–Trinajstić information content (AvgIpc) is 3.17. The largest absolute Gasteiger partial charge is 0.493 e. The van der Waals surface area contributed by atoms with Crippen molar-refractivity contribution in [2.45, 2.75) is 29.1 Å². The fourth-order valence-corrected chi connectivity index (χ4v) is 6.58. The van der Waals surface area contributed by atoms with Gasteiger partial charge in [0.15, 0.2) is 11.5 Å². The van der Waals surface area contributed by atoms with Gasteiger partial charge in [-0.15, -0.1) is 11.3 Å². The van der Waals surface area contributed by atoms with E-state index in [1.807, 2.05) is 19.1 Å². The molecule has 0 saturated carbocycles. The Kier molecular flexibility index (Phi) is 5.29. The number of benzene rings is 2. The number of carbonyl (C=O) groups is 1. The predicted molar refractivity (Wildman–Crippen MR) is 116 cm³/mol. The molecule has 1 aliphatic rings. The van der Waals surface area contributed by atoms with Crippen LogP contribution in [0, 0.1) is 6.92 Å². The third kappa shape index (κ3) is 3.36. The minimum absolute atomic E-state index is 0.117. The Bertz CT molecular complexity index is 1210. The molecule has 1 amide bonds. The summed E-state index contributed by atoms with van der Waals surface area (Å²) in [5.41, 5.74) is 2.11. The van der Waals surface area contributed by atoms with E-state index in [4.69, 9.17) is 9.47 Å². The van der Waals surface area contributed by atoms with E-state index >= 15 is 0 Å². The van der Waals surface area contributed by atoms with E-state index in [1.54, 1.807) is 49.9 Å². The first-order chi connectivity index (χ1) is 14.4. The SMILES string of the molecule is COc1cccc(C2CC(=O)Nc3c(S(=O)(=O)c4ccc(C)cc4)csc32)c1OC. The number of sulfone groups is 1. The van der Waals surface area contributed by atoms with Crippen molar-refractivity contribution in [3.63, 3.8) is 0 Å². The molecule has 1 aliphatic heterocycles. The first-order valence-electron chi connectivity index (χ1n) is 9.30. The van der Waals surface area contributed by atoms with E-state index in [-0.39, 0.29) is 28.0 Å². The highest BCUT2D eigenvalue weighted by Crippen LogP contribution is 2.49. The van der Waals surface area contributed by atoms with Gasteiger partial charge in [-0.25, -0.2) is 8.42 Å². The second-order valence-corrected chi connectivity index (χ2v) is 9.87. The van der Waals surface area contributed by atoms with Crippen molar-refractivity contribution >= 4 is 32.8 Å². The van der Waals surface area contributed by atoms with Gasteiger partial charge in [0.05, 0.1) is 24.8 Å². The molecular weight excluding hydrogens is 422 g/mol. The van der Waals surface area contributed by atoms with E-state index in [0.717, 1.165) is 16.0 Å². The Balaban J connectivity index is 1.85. The van der Waals surface area contributed by atoms with E-state index in [0.29, 0.717) is 17.2 Å². The van der Waals surface area contributed by atoms with Gasteiger partial charge in [0.1, 0.15) is 4.90 Å². The molecule has 0 spiro atoms. The minimum atomic E-state index is -3.77. The van der Waals surface area contributed by atoms with Crippen molar-refractivity contribution in [2.75, 3.05) is 19.5 Å². The molecule has 6 nitrogen and oxygen atoms in total. The molecule has 4 rings (SSSR count). The van der Waals surface area contributed by atoms with Crippen LogP contribution >= 0.6 is 11.3 Å². The molecule has 1 N–H and O–H groups in total. The first-order valence-corrected chi connectivity index (χ1v) is 11.7. The fraction of sp³-hybridized carbons (Fsp3) is 0.227. The average molecular weight is 444 g/mol. The molecule has 2 aromatic carbocycles. The number of hydrogen-bond acceptors (Lipinski definition) is 6. The van der Waals surface area contributed by atoms with Gasteiger partial charge >= 0.3 is 0 Å². The summed E-state index contributed by atoms with van der Waals surface area (Å²) in [7, 11) is -0.670. The summed E-state index contributed by atoms with van der Waals surface area (Å²) in [6.07, 6.45) is 0.195. The molecule has 30 heavy (non-hydrogen) atoms. The zero-order chi connectivity index (χ0) is 21.5. The van der Waals surface area contributed by atoms with Gasteiger partial charge in [-0.05, 0) is 25.1 Å². The molecule has 1 atom stereocenters. The van der Waals surface area contributed by atoms with E-state index in [2.05, 4.69) is 5.32 Å². The molecule has 0 saturated heterocycles. The van der Waals surface area contributed by atoms with Crippen LogP contribution in [-0.4, -0.2) is 28.5 Å². The van der Waals surface area contributed by atoms with Gasteiger partial charge < -0.3 is 14.8 Å². The van der Waals surface area contributed by atoms with Crippen LogP contribution in [0.15, 0.2) is 57.6 Å². The fourth-order valence-electron chi connectivity index (χ4n) is 3.68. The van der Waals surface area contributed by atoms with Crippen LogP contribution in [0.2, 0.25) is 0 Å². The Morgan fingerprint density at radius 3 is 2.47 bits per heavy atom. The number of ether oxygens (including phenoxy) is 2. The highest BCUT2D eigenvalue weighted by atomic mass is 32.2. The van der Waals surface area contributed by atoms with Crippen molar-refractivity contribution in [1.82, 2.24) is 0 Å². The highest BCUT2D eigenvalue weighted by molar-refractivity contribution is 7.91. The van der Waals surface area contributed by atoms with E-state index < -0.39 is 9.84 Å².